The standard InChI is InChI=1S/C55H38N2/c1-55(2)49-30-27-41(33-48(49)53-44-17-9-8-15-38(44)26-31-50(53)55)43-28-29-47(46-19-11-10-18-45(43)46)52-34-51(42-25-22-36-14-6-7-16-40(36)32-42)56-54(57-52)39-23-20-37(21-24-39)35-12-4-3-5-13-35/h3-34H,1-2H3. The van der Waals surface area contributed by atoms with Gasteiger partial charge < -0.3 is 0 Å². The molecule has 0 saturated carbocycles. The summed E-state index contributed by atoms with van der Waals surface area (Å²) in [6, 6.07) is 70.2. The lowest BCUT2D eigenvalue weighted by Gasteiger charge is -2.22. The lowest BCUT2D eigenvalue weighted by molar-refractivity contribution is 0.661. The first kappa shape index (κ1) is 33.2. The first-order chi connectivity index (χ1) is 28.0. The fraction of sp³-hybridized carbons (Fsp3) is 0.0545. The molecule has 1 aliphatic rings. The predicted octanol–water partition coefficient (Wildman–Crippen LogP) is 14.6. The first-order valence-electron chi connectivity index (χ1n) is 19.7. The number of rotatable bonds is 5. The summed E-state index contributed by atoms with van der Waals surface area (Å²) in [5.41, 5.74) is 15.1. The average molecular weight is 727 g/mol. The van der Waals surface area contributed by atoms with Crippen LogP contribution in [0, 0.1) is 0 Å². The molecule has 0 radical (unpaired) electrons. The molecule has 1 aromatic heterocycles. The van der Waals surface area contributed by atoms with Crippen molar-refractivity contribution < 1.29 is 0 Å². The molecule has 0 unspecified atom stereocenters. The number of hydrogen-bond acceptors (Lipinski definition) is 2. The monoisotopic (exact) mass is 726 g/mol. The number of benzene rings is 9. The van der Waals surface area contributed by atoms with Crippen molar-refractivity contribution >= 4 is 32.3 Å². The Morgan fingerprint density at radius 3 is 1.70 bits per heavy atom. The smallest absolute Gasteiger partial charge is 0.160 e. The number of hydrogen-bond donors (Lipinski definition) is 0. The zero-order chi connectivity index (χ0) is 38.1. The lowest BCUT2D eigenvalue weighted by atomic mass is 9.81. The Morgan fingerprint density at radius 2 is 0.895 bits per heavy atom. The summed E-state index contributed by atoms with van der Waals surface area (Å²) in [6.45, 7) is 4.71. The summed E-state index contributed by atoms with van der Waals surface area (Å²) < 4.78 is 0. The minimum atomic E-state index is -0.0749. The van der Waals surface area contributed by atoms with Crippen LogP contribution in [-0.4, -0.2) is 9.97 Å². The third-order valence-corrected chi connectivity index (χ3v) is 12.1. The quantitative estimate of drug-likeness (QED) is 0.176. The summed E-state index contributed by atoms with van der Waals surface area (Å²) in [7, 11) is 0. The van der Waals surface area contributed by atoms with Gasteiger partial charge in [-0.2, -0.15) is 0 Å². The highest BCUT2D eigenvalue weighted by Crippen LogP contribution is 2.52. The van der Waals surface area contributed by atoms with Gasteiger partial charge in [0.15, 0.2) is 5.82 Å². The zero-order valence-corrected chi connectivity index (χ0v) is 31.9. The van der Waals surface area contributed by atoms with E-state index in [0.29, 0.717) is 5.82 Å². The maximum Gasteiger partial charge on any atom is 0.160 e. The second-order valence-corrected chi connectivity index (χ2v) is 15.8. The number of nitrogens with zero attached hydrogens (tertiary/aromatic N) is 2. The van der Waals surface area contributed by atoms with Crippen molar-refractivity contribution in [1.82, 2.24) is 9.97 Å². The van der Waals surface area contributed by atoms with Crippen molar-refractivity contribution in [2.75, 3.05) is 0 Å². The Bertz CT molecular complexity index is 3190. The van der Waals surface area contributed by atoms with E-state index in [1.165, 1.54) is 71.4 Å². The third kappa shape index (κ3) is 5.48. The molecule has 0 N–H and O–H groups in total. The largest absolute Gasteiger partial charge is 0.228 e. The van der Waals surface area contributed by atoms with E-state index in [4.69, 9.17) is 9.97 Å². The van der Waals surface area contributed by atoms with Gasteiger partial charge in [-0.1, -0.05) is 190 Å². The molecule has 10 aromatic rings. The first-order valence-corrected chi connectivity index (χ1v) is 19.7. The lowest BCUT2D eigenvalue weighted by Crippen LogP contribution is -2.14. The van der Waals surface area contributed by atoms with E-state index in [9.17, 15) is 0 Å². The van der Waals surface area contributed by atoms with E-state index in [0.717, 1.165) is 33.5 Å². The van der Waals surface area contributed by atoms with E-state index in [-0.39, 0.29) is 5.41 Å². The second kappa shape index (κ2) is 13.0. The molecule has 0 spiro atoms. The van der Waals surface area contributed by atoms with Gasteiger partial charge in [0.25, 0.3) is 0 Å². The number of fused-ring (bicyclic) bond motifs is 7. The van der Waals surface area contributed by atoms with E-state index < -0.39 is 0 Å². The van der Waals surface area contributed by atoms with Crippen LogP contribution in [0.5, 0.6) is 0 Å². The van der Waals surface area contributed by atoms with Crippen LogP contribution in [0.1, 0.15) is 25.0 Å². The third-order valence-electron chi connectivity index (χ3n) is 12.1. The highest BCUT2D eigenvalue weighted by molar-refractivity contribution is 6.07. The Morgan fingerprint density at radius 1 is 0.333 bits per heavy atom. The van der Waals surface area contributed by atoms with E-state index in [1.807, 2.05) is 0 Å². The Labute approximate surface area is 332 Å². The Kier molecular flexibility index (Phi) is 7.55. The summed E-state index contributed by atoms with van der Waals surface area (Å²) in [5.74, 6) is 0.704. The summed E-state index contributed by atoms with van der Waals surface area (Å²) in [4.78, 5) is 10.6. The van der Waals surface area contributed by atoms with Crippen LogP contribution in [0.2, 0.25) is 0 Å². The Balaban J connectivity index is 1.07. The van der Waals surface area contributed by atoms with Crippen molar-refractivity contribution in [3.8, 4) is 67.3 Å². The molecule has 0 amide bonds. The molecule has 1 aliphatic carbocycles. The van der Waals surface area contributed by atoms with Gasteiger partial charge >= 0.3 is 0 Å². The molecule has 0 saturated heterocycles. The van der Waals surface area contributed by atoms with Gasteiger partial charge in [0, 0.05) is 22.1 Å². The van der Waals surface area contributed by atoms with Crippen molar-refractivity contribution in [1.29, 1.82) is 0 Å². The molecule has 1 heterocycles. The van der Waals surface area contributed by atoms with Crippen LogP contribution >= 0.6 is 0 Å². The molecule has 11 rings (SSSR count). The van der Waals surface area contributed by atoms with Gasteiger partial charge in [-0.25, -0.2) is 9.97 Å². The van der Waals surface area contributed by atoms with Crippen LogP contribution in [0.4, 0.5) is 0 Å². The van der Waals surface area contributed by atoms with E-state index in [1.54, 1.807) is 0 Å². The van der Waals surface area contributed by atoms with Crippen LogP contribution < -0.4 is 0 Å². The maximum absolute atomic E-state index is 5.32. The summed E-state index contributed by atoms with van der Waals surface area (Å²) >= 11 is 0. The van der Waals surface area contributed by atoms with Gasteiger partial charge in [-0.3, -0.25) is 0 Å². The van der Waals surface area contributed by atoms with Gasteiger partial charge in [0.1, 0.15) is 0 Å². The highest BCUT2D eigenvalue weighted by atomic mass is 14.9. The average Bonchev–Trinajstić information content (AvgIpc) is 3.51. The van der Waals surface area contributed by atoms with Crippen molar-refractivity contribution in [2.45, 2.75) is 19.3 Å². The van der Waals surface area contributed by atoms with Gasteiger partial charge in [0.2, 0.25) is 0 Å². The summed E-state index contributed by atoms with van der Waals surface area (Å²) in [5, 5.41) is 7.35. The molecule has 0 fully saturated rings. The molecule has 0 atom stereocenters. The second-order valence-electron chi connectivity index (χ2n) is 15.8. The normalized spacial score (nSPS) is 12.9. The minimum absolute atomic E-state index is 0.0749. The molecule has 268 valence electrons. The predicted molar refractivity (Wildman–Crippen MR) is 239 cm³/mol. The minimum Gasteiger partial charge on any atom is -0.228 e. The number of aromatic nitrogens is 2. The molecule has 2 heteroatoms. The zero-order valence-electron chi connectivity index (χ0n) is 31.9. The van der Waals surface area contributed by atoms with Crippen LogP contribution in [0.25, 0.3) is 99.6 Å². The van der Waals surface area contributed by atoms with Crippen LogP contribution in [0.15, 0.2) is 194 Å². The topological polar surface area (TPSA) is 25.8 Å². The van der Waals surface area contributed by atoms with Crippen LogP contribution in [-0.2, 0) is 5.41 Å². The van der Waals surface area contributed by atoms with Crippen molar-refractivity contribution in [2.24, 2.45) is 0 Å². The SMILES string of the molecule is CC1(C)c2ccc(-c3ccc(-c4cc(-c5ccc6ccccc6c5)nc(-c5ccc(-c6ccccc6)cc5)n4)c4ccccc34)cc2-c2c1ccc1ccccc21. The van der Waals surface area contributed by atoms with Crippen molar-refractivity contribution in [3.63, 3.8) is 0 Å². The maximum atomic E-state index is 5.32. The molecule has 0 bridgehead atoms. The Hall–Kier alpha value is -7.16. The molecular formula is C55H38N2. The van der Waals surface area contributed by atoms with Crippen LogP contribution in [0.3, 0.4) is 0 Å². The van der Waals surface area contributed by atoms with E-state index in [2.05, 4.69) is 208 Å². The molecule has 9 aromatic carbocycles. The molecule has 57 heavy (non-hydrogen) atoms. The fourth-order valence-corrected chi connectivity index (χ4v) is 9.12. The fourth-order valence-electron chi connectivity index (χ4n) is 9.12. The van der Waals surface area contributed by atoms with Gasteiger partial charge in [0.05, 0.1) is 11.4 Å². The van der Waals surface area contributed by atoms with Gasteiger partial charge in [-0.15, -0.1) is 0 Å². The summed E-state index contributed by atoms with van der Waals surface area (Å²) in [6.07, 6.45) is 0. The highest BCUT2D eigenvalue weighted by Gasteiger charge is 2.36. The van der Waals surface area contributed by atoms with E-state index >= 15 is 0 Å². The van der Waals surface area contributed by atoms with Gasteiger partial charge in [-0.05, 0) is 95.0 Å². The molecular weight excluding hydrogens is 689 g/mol. The molecule has 0 aliphatic heterocycles. The molecule has 2 nitrogen and oxygen atoms in total. The van der Waals surface area contributed by atoms with Crippen molar-refractivity contribution in [3.05, 3.63) is 205 Å².